The van der Waals surface area contributed by atoms with Crippen molar-refractivity contribution in [3.05, 3.63) is 17.3 Å². The van der Waals surface area contributed by atoms with Crippen molar-refractivity contribution < 1.29 is 0 Å². The van der Waals surface area contributed by atoms with Gasteiger partial charge in [0.1, 0.15) is 5.82 Å². The Morgan fingerprint density at radius 1 is 1.53 bits per heavy atom. The summed E-state index contributed by atoms with van der Waals surface area (Å²) < 4.78 is 0. The van der Waals surface area contributed by atoms with Gasteiger partial charge in [-0.15, -0.1) is 0 Å². The minimum Gasteiger partial charge on any atom is -0.396 e. The third kappa shape index (κ3) is 3.25. The number of hydrogen-bond acceptors (Lipinski definition) is 3. The molecule has 0 aliphatic heterocycles. The molecule has 0 radical (unpaired) electrons. The van der Waals surface area contributed by atoms with Crippen molar-refractivity contribution in [2.45, 2.75) is 45.1 Å². The number of halogens is 1. The Morgan fingerprint density at radius 2 is 2.35 bits per heavy atom. The molecule has 17 heavy (non-hydrogen) atoms. The van der Waals surface area contributed by atoms with Gasteiger partial charge in [-0.2, -0.15) is 0 Å². The van der Waals surface area contributed by atoms with Gasteiger partial charge in [-0.3, -0.25) is 0 Å². The molecule has 2 atom stereocenters. The molecule has 0 amide bonds. The number of pyridine rings is 1. The van der Waals surface area contributed by atoms with E-state index in [2.05, 4.69) is 17.2 Å². The topological polar surface area (TPSA) is 50.9 Å². The van der Waals surface area contributed by atoms with E-state index in [4.69, 9.17) is 17.3 Å². The van der Waals surface area contributed by atoms with Crippen LogP contribution in [0.1, 0.15) is 39.0 Å². The minimum atomic E-state index is 0.504. The van der Waals surface area contributed by atoms with Crippen molar-refractivity contribution >= 4 is 23.1 Å². The second-order valence-electron chi connectivity index (χ2n) is 4.87. The summed E-state index contributed by atoms with van der Waals surface area (Å²) in [5, 5.41) is 4.03. The van der Waals surface area contributed by atoms with E-state index in [9.17, 15) is 0 Å². The maximum absolute atomic E-state index is 5.90. The number of anilines is 2. The Balaban J connectivity index is 2.00. The molecule has 1 fully saturated rings. The molecule has 0 bridgehead atoms. The van der Waals surface area contributed by atoms with Gasteiger partial charge in [0.05, 0.1) is 10.7 Å². The average Bonchev–Trinajstić information content (AvgIpc) is 2.33. The normalized spacial score (nSPS) is 24.6. The van der Waals surface area contributed by atoms with Crippen LogP contribution in [0.25, 0.3) is 0 Å². The maximum Gasteiger partial charge on any atom is 0.149 e. The first-order valence-electron chi connectivity index (χ1n) is 6.36. The molecule has 4 heteroatoms. The molecule has 2 rings (SSSR count). The lowest BCUT2D eigenvalue weighted by atomic mass is 9.84. The summed E-state index contributed by atoms with van der Waals surface area (Å²) in [6, 6.07) is 2.25. The van der Waals surface area contributed by atoms with Gasteiger partial charge in [-0.05, 0) is 24.8 Å². The van der Waals surface area contributed by atoms with Gasteiger partial charge in [0.25, 0.3) is 0 Å². The highest BCUT2D eigenvalue weighted by Crippen LogP contribution is 2.29. The fraction of sp³-hybridized carbons (Fsp3) is 0.615. The van der Waals surface area contributed by atoms with Crippen molar-refractivity contribution in [3.8, 4) is 0 Å². The maximum atomic E-state index is 5.90. The number of nitrogens with zero attached hydrogens (tertiary/aromatic N) is 1. The summed E-state index contributed by atoms with van der Waals surface area (Å²) in [5.41, 5.74) is 6.53. The van der Waals surface area contributed by atoms with Crippen LogP contribution in [-0.4, -0.2) is 11.0 Å². The van der Waals surface area contributed by atoms with Crippen LogP contribution in [0.4, 0.5) is 11.5 Å². The quantitative estimate of drug-likeness (QED) is 0.864. The lowest BCUT2D eigenvalue weighted by Gasteiger charge is -2.29. The highest BCUT2D eigenvalue weighted by molar-refractivity contribution is 6.30. The fourth-order valence-corrected chi connectivity index (χ4v) is 2.73. The summed E-state index contributed by atoms with van der Waals surface area (Å²) in [4.78, 5) is 4.25. The van der Waals surface area contributed by atoms with Crippen molar-refractivity contribution in [2.24, 2.45) is 5.92 Å². The first kappa shape index (κ1) is 12.5. The van der Waals surface area contributed by atoms with Crippen molar-refractivity contribution in [1.29, 1.82) is 0 Å². The Hall–Kier alpha value is -0.960. The van der Waals surface area contributed by atoms with Crippen LogP contribution in [0.15, 0.2) is 12.3 Å². The molecular formula is C13H20ClN3. The molecular weight excluding hydrogens is 234 g/mol. The Bertz CT molecular complexity index is 381. The molecule has 3 N–H and O–H groups in total. The molecule has 1 aliphatic rings. The third-order valence-corrected chi connectivity index (χ3v) is 3.79. The molecule has 1 aromatic rings. The number of nitrogen functional groups attached to an aromatic ring is 1. The van der Waals surface area contributed by atoms with Crippen molar-refractivity contribution in [2.75, 3.05) is 11.1 Å². The van der Waals surface area contributed by atoms with E-state index in [1.807, 2.05) is 0 Å². The molecule has 0 aromatic carbocycles. The molecule has 94 valence electrons. The van der Waals surface area contributed by atoms with Crippen molar-refractivity contribution in [1.82, 2.24) is 4.98 Å². The Labute approximate surface area is 108 Å². The summed E-state index contributed by atoms with van der Waals surface area (Å²) in [6.07, 6.45) is 7.99. The van der Waals surface area contributed by atoms with Crippen LogP contribution in [0.3, 0.4) is 0 Å². The van der Waals surface area contributed by atoms with Crippen LogP contribution in [0.5, 0.6) is 0 Å². The minimum absolute atomic E-state index is 0.504. The smallest absolute Gasteiger partial charge is 0.149 e. The molecule has 1 aromatic heterocycles. The zero-order chi connectivity index (χ0) is 12.3. The highest BCUT2D eigenvalue weighted by atomic mass is 35.5. The number of nitrogens with two attached hydrogens (primary N) is 1. The van der Waals surface area contributed by atoms with Crippen LogP contribution in [0.2, 0.25) is 5.02 Å². The Morgan fingerprint density at radius 3 is 3.06 bits per heavy atom. The molecule has 2 unspecified atom stereocenters. The zero-order valence-corrected chi connectivity index (χ0v) is 11.0. The summed E-state index contributed by atoms with van der Waals surface area (Å²) in [5.74, 6) is 1.62. The molecule has 3 nitrogen and oxygen atoms in total. The van der Waals surface area contributed by atoms with E-state index < -0.39 is 0 Å². The van der Waals surface area contributed by atoms with Gasteiger partial charge in [-0.1, -0.05) is 37.8 Å². The predicted octanol–water partition coefficient (Wildman–Crippen LogP) is 3.70. The first-order chi connectivity index (χ1) is 8.19. The van der Waals surface area contributed by atoms with E-state index in [0.29, 0.717) is 16.8 Å². The third-order valence-electron chi connectivity index (χ3n) is 3.58. The van der Waals surface area contributed by atoms with Crippen LogP contribution < -0.4 is 11.1 Å². The van der Waals surface area contributed by atoms with Crippen LogP contribution in [-0.2, 0) is 0 Å². The average molecular weight is 254 g/mol. The summed E-state index contributed by atoms with van der Waals surface area (Å²) in [7, 11) is 0. The fourth-order valence-electron chi connectivity index (χ4n) is 2.56. The predicted molar refractivity (Wildman–Crippen MR) is 73.3 cm³/mol. The van der Waals surface area contributed by atoms with E-state index in [1.54, 1.807) is 12.3 Å². The second kappa shape index (κ2) is 5.58. The highest BCUT2D eigenvalue weighted by Gasteiger charge is 2.21. The van der Waals surface area contributed by atoms with Gasteiger partial charge in [0.2, 0.25) is 0 Å². The number of nitrogens with one attached hydrogen (secondary N) is 1. The van der Waals surface area contributed by atoms with E-state index in [1.165, 1.54) is 32.1 Å². The molecule has 1 saturated carbocycles. The van der Waals surface area contributed by atoms with Gasteiger partial charge in [-0.25, -0.2) is 4.98 Å². The van der Waals surface area contributed by atoms with E-state index in [-0.39, 0.29) is 0 Å². The molecule has 1 heterocycles. The second-order valence-corrected chi connectivity index (χ2v) is 5.31. The summed E-state index contributed by atoms with van der Waals surface area (Å²) >= 11 is 5.84. The standard InChI is InChI=1S/C13H20ClN3/c1-2-9-4-3-5-11(6-9)17-13-12(15)7-10(14)8-16-13/h7-9,11H,2-6,15H2,1H3,(H,16,17). The molecule has 0 spiro atoms. The Kier molecular flexibility index (Phi) is 4.11. The monoisotopic (exact) mass is 253 g/mol. The van der Waals surface area contributed by atoms with Gasteiger partial charge >= 0.3 is 0 Å². The molecule has 0 saturated heterocycles. The van der Waals surface area contributed by atoms with Crippen LogP contribution >= 0.6 is 11.6 Å². The number of hydrogen-bond donors (Lipinski definition) is 2. The summed E-state index contributed by atoms with van der Waals surface area (Å²) in [6.45, 7) is 2.27. The lowest BCUT2D eigenvalue weighted by Crippen LogP contribution is -2.27. The van der Waals surface area contributed by atoms with Crippen molar-refractivity contribution in [3.63, 3.8) is 0 Å². The van der Waals surface area contributed by atoms with Crippen LogP contribution in [0, 0.1) is 5.92 Å². The molecule has 1 aliphatic carbocycles. The van der Waals surface area contributed by atoms with E-state index >= 15 is 0 Å². The first-order valence-corrected chi connectivity index (χ1v) is 6.74. The van der Waals surface area contributed by atoms with Gasteiger partial charge in [0.15, 0.2) is 0 Å². The SMILES string of the molecule is CCC1CCCC(Nc2ncc(Cl)cc2N)C1. The van der Waals surface area contributed by atoms with E-state index in [0.717, 1.165) is 11.7 Å². The number of rotatable bonds is 3. The zero-order valence-electron chi connectivity index (χ0n) is 10.2. The lowest BCUT2D eigenvalue weighted by molar-refractivity contribution is 0.327. The van der Waals surface area contributed by atoms with Gasteiger partial charge in [0, 0.05) is 12.2 Å². The number of aromatic nitrogens is 1. The van der Waals surface area contributed by atoms with Gasteiger partial charge < -0.3 is 11.1 Å². The largest absolute Gasteiger partial charge is 0.396 e.